The van der Waals surface area contributed by atoms with Gasteiger partial charge >= 0.3 is 0 Å². The van der Waals surface area contributed by atoms with Gasteiger partial charge in [-0.1, -0.05) is 47.5 Å². The largest absolute Gasteiger partial charge is 0.497 e. The van der Waals surface area contributed by atoms with Crippen molar-refractivity contribution in [3.8, 4) is 11.5 Å². The van der Waals surface area contributed by atoms with Gasteiger partial charge in [-0.15, -0.1) is 5.10 Å². The minimum absolute atomic E-state index is 0.448. The topological polar surface area (TPSA) is 64.4 Å². The van der Waals surface area contributed by atoms with Gasteiger partial charge in [0.25, 0.3) is 0 Å². The fourth-order valence-electron chi connectivity index (χ4n) is 3.51. The molecule has 0 radical (unpaired) electrons. The Morgan fingerprint density at radius 2 is 1.41 bits per heavy atom. The first-order chi connectivity index (χ1) is 16.4. The maximum atomic E-state index is 6.15. The van der Waals surface area contributed by atoms with Crippen molar-refractivity contribution in [3.63, 3.8) is 0 Å². The van der Waals surface area contributed by atoms with Crippen LogP contribution in [0.1, 0.15) is 11.1 Å². The lowest BCUT2D eigenvalue weighted by Crippen LogP contribution is -2.21. The van der Waals surface area contributed by atoms with Crippen molar-refractivity contribution in [2.45, 2.75) is 13.1 Å². The van der Waals surface area contributed by atoms with Crippen LogP contribution in [-0.2, 0) is 13.1 Å². The number of rotatable bonds is 9. The van der Waals surface area contributed by atoms with Crippen LogP contribution >= 0.6 is 23.2 Å². The molecular weight excluding hydrogens is 473 g/mol. The van der Waals surface area contributed by atoms with E-state index < -0.39 is 0 Å². The lowest BCUT2D eigenvalue weighted by atomic mass is 10.2. The molecule has 0 amide bonds. The van der Waals surface area contributed by atoms with E-state index in [0.717, 1.165) is 22.6 Å². The molecule has 9 heteroatoms. The third-order valence-electron chi connectivity index (χ3n) is 5.18. The molecule has 4 aromatic rings. The smallest absolute Gasteiger partial charge is 0.248 e. The van der Waals surface area contributed by atoms with Crippen molar-refractivity contribution in [2.75, 3.05) is 31.5 Å². The zero-order chi connectivity index (χ0) is 24.1. The molecule has 0 aliphatic rings. The van der Waals surface area contributed by atoms with Crippen molar-refractivity contribution in [1.29, 1.82) is 0 Å². The molecule has 0 spiro atoms. The third kappa shape index (κ3) is 5.92. The van der Waals surface area contributed by atoms with Crippen LogP contribution in [0, 0.1) is 0 Å². The average Bonchev–Trinajstić information content (AvgIpc) is 3.21. The highest BCUT2D eigenvalue weighted by molar-refractivity contribution is 6.35. The van der Waals surface area contributed by atoms with Gasteiger partial charge in [0.15, 0.2) is 0 Å². The molecule has 0 saturated carbocycles. The van der Waals surface area contributed by atoms with E-state index in [4.69, 9.17) is 42.8 Å². The van der Waals surface area contributed by atoms with E-state index in [-0.39, 0.29) is 0 Å². The minimum atomic E-state index is 0.448. The van der Waals surface area contributed by atoms with Crippen molar-refractivity contribution in [2.24, 2.45) is 0 Å². The summed E-state index contributed by atoms with van der Waals surface area (Å²) in [5.74, 6) is 2.78. The van der Waals surface area contributed by atoms with Crippen LogP contribution in [0.25, 0.3) is 0 Å². The average molecular weight is 498 g/mol. The quantitative estimate of drug-likeness (QED) is 0.304. The molecule has 176 valence electrons. The third-order valence-corrected chi connectivity index (χ3v) is 5.62. The fraction of sp³-hybridized carbons (Fsp3) is 0.200. The van der Waals surface area contributed by atoms with Crippen molar-refractivity contribution < 1.29 is 9.47 Å². The Labute approximate surface area is 208 Å². The van der Waals surface area contributed by atoms with Gasteiger partial charge in [-0.25, -0.2) is 4.68 Å². The molecule has 0 atom stereocenters. The Hall–Kier alpha value is -3.42. The standard InChI is InChI=1S/C25H25Cl2N5O2/c1-31(15-17-4-8-22(33-2)9-5-17)25-29-24(28-21-13-19(26)12-20(27)14-21)30-32(25)16-18-6-10-23(34-3)11-7-18/h4-14H,15-16H2,1-3H3,(H,28,30). The van der Waals surface area contributed by atoms with Crippen LogP contribution in [0.2, 0.25) is 10.0 Å². The van der Waals surface area contributed by atoms with E-state index in [9.17, 15) is 0 Å². The number of nitrogens with one attached hydrogen (secondary N) is 1. The van der Waals surface area contributed by atoms with Crippen LogP contribution < -0.4 is 19.7 Å². The molecule has 1 N–H and O–H groups in total. The number of hydrogen-bond donors (Lipinski definition) is 1. The first kappa shape index (κ1) is 23.7. The molecule has 1 aromatic heterocycles. The van der Waals surface area contributed by atoms with Gasteiger partial charge in [0.2, 0.25) is 11.9 Å². The van der Waals surface area contributed by atoms with Gasteiger partial charge in [-0.3, -0.25) is 0 Å². The molecule has 0 aliphatic heterocycles. The first-order valence-electron chi connectivity index (χ1n) is 10.6. The summed E-state index contributed by atoms with van der Waals surface area (Å²) in [5, 5.41) is 8.98. The molecule has 7 nitrogen and oxygen atoms in total. The highest BCUT2D eigenvalue weighted by Crippen LogP contribution is 2.26. The second kappa shape index (κ2) is 10.7. The number of ether oxygens (including phenoxy) is 2. The highest BCUT2D eigenvalue weighted by atomic mass is 35.5. The highest BCUT2D eigenvalue weighted by Gasteiger charge is 2.16. The summed E-state index contributed by atoms with van der Waals surface area (Å²) < 4.78 is 12.4. The Kier molecular flexibility index (Phi) is 7.45. The molecule has 3 aromatic carbocycles. The molecule has 4 rings (SSSR count). The molecule has 1 heterocycles. The Balaban J connectivity index is 1.62. The predicted octanol–water partition coefficient (Wildman–Crippen LogP) is 6.03. The van der Waals surface area contributed by atoms with Gasteiger partial charge in [-0.05, 0) is 53.6 Å². The van der Waals surface area contributed by atoms with E-state index in [1.54, 1.807) is 32.4 Å². The Morgan fingerprint density at radius 1 is 0.853 bits per heavy atom. The molecule has 0 aliphatic carbocycles. The van der Waals surface area contributed by atoms with E-state index in [2.05, 4.69) is 10.2 Å². The SMILES string of the molecule is COc1ccc(CN(C)c2nc(Nc3cc(Cl)cc(Cl)c3)nn2Cc2ccc(OC)cc2)cc1. The Morgan fingerprint density at radius 3 is 1.97 bits per heavy atom. The lowest BCUT2D eigenvalue weighted by Gasteiger charge is -2.19. The van der Waals surface area contributed by atoms with Crippen molar-refractivity contribution in [3.05, 3.63) is 87.9 Å². The first-order valence-corrected chi connectivity index (χ1v) is 11.3. The van der Waals surface area contributed by atoms with Crippen molar-refractivity contribution >= 4 is 40.8 Å². The van der Waals surface area contributed by atoms with Crippen LogP contribution in [0.4, 0.5) is 17.6 Å². The van der Waals surface area contributed by atoms with Crippen LogP contribution in [-0.4, -0.2) is 36.0 Å². The monoisotopic (exact) mass is 497 g/mol. The molecule has 0 bridgehead atoms. The summed E-state index contributed by atoms with van der Waals surface area (Å²) in [5.41, 5.74) is 2.91. The minimum Gasteiger partial charge on any atom is -0.497 e. The fourth-order valence-corrected chi connectivity index (χ4v) is 4.04. The normalized spacial score (nSPS) is 10.7. The van der Waals surface area contributed by atoms with E-state index in [1.165, 1.54) is 0 Å². The van der Waals surface area contributed by atoms with Gasteiger partial charge in [0, 0.05) is 29.3 Å². The van der Waals surface area contributed by atoms with E-state index in [1.807, 2.05) is 60.3 Å². The second-order valence-corrected chi connectivity index (χ2v) is 8.60. The van der Waals surface area contributed by atoms with Gasteiger partial charge in [-0.2, -0.15) is 4.98 Å². The summed E-state index contributed by atoms with van der Waals surface area (Å²) in [6.45, 7) is 1.19. The van der Waals surface area contributed by atoms with E-state index in [0.29, 0.717) is 40.7 Å². The zero-order valence-corrected chi connectivity index (χ0v) is 20.6. The molecule has 0 saturated heterocycles. The number of nitrogens with zero attached hydrogens (tertiary/aromatic N) is 4. The summed E-state index contributed by atoms with van der Waals surface area (Å²) >= 11 is 12.3. The number of hydrogen-bond acceptors (Lipinski definition) is 6. The van der Waals surface area contributed by atoms with Crippen LogP contribution in [0.5, 0.6) is 11.5 Å². The number of methoxy groups -OCH3 is 2. The summed E-state index contributed by atoms with van der Waals surface area (Å²) in [6, 6.07) is 21.1. The van der Waals surface area contributed by atoms with Gasteiger partial charge in [0.1, 0.15) is 11.5 Å². The van der Waals surface area contributed by atoms with Crippen LogP contribution in [0.3, 0.4) is 0 Å². The van der Waals surface area contributed by atoms with Gasteiger partial charge < -0.3 is 19.7 Å². The number of benzene rings is 3. The Bertz CT molecular complexity index is 1220. The summed E-state index contributed by atoms with van der Waals surface area (Å²) in [7, 11) is 5.29. The van der Waals surface area contributed by atoms with Gasteiger partial charge in [0.05, 0.1) is 20.8 Å². The molecule has 0 fully saturated rings. The van der Waals surface area contributed by atoms with E-state index >= 15 is 0 Å². The number of halogens is 2. The molecule has 34 heavy (non-hydrogen) atoms. The zero-order valence-electron chi connectivity index (χ0n) is 19.1. The number of aromatic nitrogens is 3. The molecular formula is C25H25Cl2N5O2. The predicted molar refractivity (Wildman–Crippen MR) is 137 cm³/mol. The summed E-state index contributed by atoms with van der Waals surface area (Å²) in [4.78, 5) is 6.81. The summed E-state index contributed by atoms with van der Waals surface area (Å²) in [6.07, 6.45) is 0. The maximum Gasteiger partial charge on any atom is 0.248 e. The second-order valence-electron chi connectivity index (χ2n) is 7.73. The van der Waals surface area contributed by atoms with Crippen LogP contribution in [0.15, 0.2) is 66.7 Å². The lowest BCUT2D eigenvalue weighted by molar-refractivity contribution is 0.414. The maximum absolute atomic E-state index is 6.15. The van der Waals surface area contributed by atoms with Crippen molar-refractivity contribution in [1.82, 2.24) is 14.8 Å². The number of anilines is 3. The molecule has 0 unspecified atom stereocenters.